The van der Waals surface area contributed by atoms with Crippen molar-refractivity contribution in [2.75, 3.05) is 6.61 Å². The van der Waals surface area contributed by atoms with Gasteiger partial charge in [0, 0.05) is 6.92 Å². The zero-order chi connectivity index (χ0) is 22.6. The Kier molecular flexibility index (Phi) is 7.36. The van der Waals surface area contributed by atoms with Crippen molar-refractivity contribution < 1.29 is 55.4 Å². The molecule has 0 heterocycles. The van der Waals surface area contributed by atoms with Gasteiger partial charge in [0.15, 0.2) is 12.4 Å². The molecule has 0 aromatic heterocycles. The van der Waals surface area contributed by atoms with Gasteiger partial charge < -0.3 is 15.2 Å². The van der Waals surface area contributed by atoms with Gasteiger partial charge in [0.05, 0.1) is 23.1 Å². The van der Waals surface area contributed by atoms with Crippen molar-refractivity contribution in [2.24, 2.45) is 0 Å². The molecule has 0 aliphatic heterocycles. The largest absolute Gasteiger partial charge is 0.481 e. The minimum atomic E-state index is -5.33. The number of esters is 1. The highest BCUT2D eigenvalue weighted by Crippen LogP contribution is 2.39. The van der Waals surface area contributed by atoms with Gasteiger partial charge in [-0.15, -0.1) is 0 Å². The van der Waals surface area contributed by atoms with Gasteiger partial charge in [-0.3, -0.25) is 14.4 Å². The highest BCUT2D eigenvalue weighted by atomic mass is 19.4. The van der Waals surface area contributed by atoms with Crippen molar-refractivity contribution >= 4 is 23.6 Å². The van der Waals surface area contributed by atoms with Crippen LogP contribution in [-0.2, 0) is 31.5 Å². The number of carboxylic acids is 1. The van der Waals surface area contributed by atoms with Gasteiger partial charge in [0.2, 0.25) is 5.91 Å². The SMILES string of the molecule is CC(=O)N[C@@H](CC(=O)O)C(=O)COC(=O)c1c(C(F)(F)F)cccc1C(F)(F)F. The number of nitrogens with one attached hydrogen (secondary N) is 1. The monoisotopic (exact) mass is 429 g/mol. The van der Waals surface area contributed by atoms with Gasteiger partial charge in [-0.2, -0.15) is 26.3 Å². The van der Waals surface area contributed by atoms with Crippen LogP contribution in [0.5, 0.6) is 0 Å². The number of hydrogen-bond acceptors (Lipinski definition) is 5. The number of benzene rings is 1. The van der Waals surface area contributed by atoms with Crippen molar-refractivity contribution in [3.63, 3.8) is 0 Å². The molecule has 160 valence electrons. The Morgan fingerprint density at radius 1 is 1.03 bits per heavy atom. The first-order valence-corrected chi connectivity index (χ1v) is 7.60. The van der Waals surface area contributed by atoms with Crippen LogP contribution < -0.4 is 5.32 Å². The van der Waals surface area contributed by atoms with E-state index in [1.54, 1.807) is 0 Å². The molecule has 0 spiro atoms. The third-order valence-corrected chi connectivity index (χ3v) is 3.37. The average Bonchev–Trinajstić information content (AvgIpc) is 2.55. The lowest BCUT2D eigenvalue weighted by Crippen LogP contribution is -2.43. The molecule has 0 aliphatic rings. The lowest BCUT2D eigenvalue weighted by Gasteiger charge is -2.18. The Morgan fingerprint density at radius 3 is 1.90 bits per heavy atom. The molecule has 0 bridgehead atoms. The predicted molar refractivity (Wildman–Crippen MR) is 81.6 cm³/mol. The van der Waals surface area contributed by atoms with Crippen LogP contribution in [0.4, 0.5) is 26.3 Å². The first-order chi connectivity index (χ1) is 13.1. The maximum absolute atomic E-state index is 13.0. The van der Waals surface area contributed by atoms with Gasteiger partial charge in [-0.05, 0) is 12.1 Å². The summed E-state index contributed by atoms with van der Waals surface area (Å²) in [6.07, 6.45) is -11.6. The molecule has 1 amide bonds. The maximum Gasteiger partial charge on any atom is 0.417 e. The molecule has 0 saturated heterocycles. The fourth-order valence-electron chi connectivity index (χ4n) is 2.22. The van der Waals surface area contributed by atoms with Crippen LogP contribution in [0.1, 0.15) is 34.8 Å². The zero-order valence-corrected chi connectivity index (χ0v) is 14.5. The van der Waals surface area contributed by atoms with Crippen LogP contribution in [0, 0.1) is 0 Å². The van der Waals surface area contributed by atoms with Gasteiger partial charge in [-0.1, -0.05) is 6.07 Å². The summed E-state index contributed by atoms with van der Waals surface area (Å²) in [5.74, 6) is -5.70. The second-order valence-electron chi connectivity index (χ2n) is 5.62. The molecule has 0 saturated carbocycles. The van der Waals surface area contributed by atoms with Crippen LogP contribution in [0.2, 0.25) is 0 Å². The summed E-state index contributed by atoms with van der Waals surface area (Å²) in [5, 5.41) is 10.6. The molecule has 1 atom stereocenters. The average molecular weight is 429 g/mol. The van der Waals surface area contributed by atoms with E-state index in [9.17, 15) is 45.5 Å². The van der Waals surface area contributed by atoms with E-state index in [2.05, 4.69) is 4.74 Å². The van der Waals surface area contributed by atoms with E-state index in [0.29, 0.717) is 6.07 Å². The lowest BCUT2D eigenvalue weighted by atomic mass is 10.00. The number of aliphatic carboxylic acids is 1. The third kappa shape index (κ3) is 6.76. The van der Waals surface area contributed by atoms with E-state index in [0.717, 1.165) is 6.92 Å². The third-order valence-electron chi connectivity index (χ3n) is 3.37. The summed E-state index contributed by atoms with van der Waals surface area (Å²) >= 11 is 0. The van der Waals surface area contributed by atoms with Crippen LogP contribution in [-0.4, -0.2) is 41.4 Å². The van der Waals surface area contributed by atoms with E-state index in [4.69, 9.17) is 5.11 Å². The van der Waals surface area contributed by atoms with Gasteiger partial charge in [0.25, 0.3) is 0 Å². The first kappa shape index (κ1) is 23.9. The fourth-order valence-corrected chi connectivity index (χ4v) is 2.22. The highest BCUT2D eigenvalue weighted by Gasteiger charge is 2.43. The number of hydrogen-bond donors (Lipinski definition) is 2. The van der Waals surface area contributed by atoms with Gasteiger partial charge in [-0.25, -0.2) is 4.79 Å². The molecule has 0 aliphatic carbocycles. The predicted octanol–water partition coefficient (Wildman–Crippen LogP) is 2.43. The van der Waals surface area contributed by atoms with Gasteiger partial charge >= 0.3 is 24.3 Å². The number of carbonyl (C=O) groups excluding carboxylic acids is 3. The van der Waals surface area contributed by atoms with E-state index in [-0.39, 0.29) is 12.1 Å². The molecule has 2 N–H and O–H groups in total. The van der Waals surface area contributed by atoms with Crippen LogP contribution in [0.15, 0.2) is 18.2 Å². The number of rotatable bonds is 7. The molecule has 13 heteroatoms. The molecular formula is C16H13F6NO6. The zero-order valence-electron chi connectivity index (χ0n) is 14.5. The molecular weight excluding hydrogens is 416 g/mol. The van der Waals surface area contributed by atoms with E-state index in [1.165, 1.54) is 0 Å². The maximum atomic E-state index is 13.0. The lowest BCUT2D eigenvalue weighted by molar-refractivity contribution is -0.144. The number of amides is 1. The van der Waals surface area contributed by atoms with E-state index in [1.807, 2.05) is 5.32 Å². The molecule has 0 unspecified atom stereocenters. The van der Waals surface area contributed by atoms with Crippen LogP contribution in [0.25, 0.3) is 0 Å². The van der Waals surface area contributed by atoms with Crippen molar-refractivity contribution in [3.8, 4) is 0 Å². The minimum Gasteiger partial charge on any atom is -0.481 e. The van der Waals surface area contributed by atoms with Crippen molar-refractivity contribution in [1.29, 1.82) is 0 Å². The number of ether oxygens (including phenoxy) is 1. The number of halogens is 6. The summed E-state index contributed by atoms with van der Waals surface area (Å²) in [6.45, 7) is -0.427. The Balaban J connectivity index is 3.17. The van der Waals surface area contributed by atoms with Crippen LogP contribution >= 0.6 is 0 Å². The summed E-state index contributed by atoms with van der Waals surface area (Å²) < 4.78 is 82.5. The molecule has 1 aromatic carbocycles. The van der Waals surface area contributed by atoms with Gasteiger partial charge in [0.1, 0.15) is 6.04 Å². The fraction of sp³-hybridized carbons (Fsp3) is 0.375. The summed E-state index contributed by atoms with van der Waals surface area (Å²) in [6, 6.07) is -0.776. The smallest absolute Gasteiger partial charge is 0.417 e. The summed E-state index contributed by atoms with van der Waals surface area (Å²) in [7, 11) is 0. The number of Topliss-reactive ketones (excluding diaryl/α,β-unsaturated/α-hetero) is 1. The summed E-state index contributed by atoms with van der Waals surface area (Å²) in [4.78, 5) is 45.6. The first-order valence-electron chi connectivity index (χ1n) is 7.60. The quantitative estimate of drug-likeness (QED) is 0.509. The van der Waals surface area contributed by atoms with E-state index >= 15 is 0 Å². The number of ketones is 1. The standard InChI is InChI=1S/C16H13F6NO6/c1-7(24)23-10(5-12(26)27)11(25)6-29-14(28)13-8(15(17,18)19)3-2-4-9(13)16(20,21)22/h2-4,10H,5-6H2,1H3,(H,23,24)(H,26,27)/t10-/m0/s1. The molecule has 1 rings (SSSR count). The Hall–Kier alpha value is -3.12. The highest BCUT2D eigenvalue weighted by molar-refractivity contribution is 5.97. The van der Waals surface area contributed by atoms with Crippen molar-refractivity contribution in [1.82, 2.24) is 5.32 Å². The second kappa shape index (κ2) is 8.92. The Morgan fingerprint density at radius 2 is 1.52 bits per heavy atom. The topological polar surface area (TPSA) is 110 Å². The molecule has 7 nitrogen and oxygen atoms in total. The van der Waals surface area contributed by atoms with Crippen molar-refractivity contribution in [3.05, 3.63) is 34.9 Å². The molecule has 29 heavy (non-hydrogen) atoms. The molecule has 1 aromatic rings. The van der Waals surface area contributed by atoms with Crippen LogP contribution in [0.3, 0.4) is 0 Å². The van der Waals surface area contributed by atoms with Crippen molar-refractivity contribution in [2.45, 2.75) is 31.7 Å². The number of carboxylic acid groups (broad SMARTS) is 1. The Labute approximate surface area is 158 Å². The second-order valence-corrected chi connectivity index (χ2v) is 5.62. The number of carbonyl (C=O) groups is 4. The minimum absolute atomic E-state index is 0.234. The summed E-state index contributed by atoms with van der Waals surface area (Å²) in [5.41, 5.74) is -5.68. The molecule has 0 radical (unpaired) electrons. The number of alkyl halides is 6. The molecule has 0 fully saturated rings. The normalized spacial score (nSPS) is 12.8. The Bertz CT molecular complexity index is 769. The van der Waals surface area contributed by atoms with E-state index < -0.39 is 71.7 Å².